The molecule has 1 amide bonds. The number of anilines is 1. The van der Waals surface area contributed by atoms with E-state index in [1.54, 1.807) is 36.0 Å². The lowest BCUT2D eigenvalue weighted by molar-refractivity contribution is 0.102. The molecule has 0 unspecified atom stereocenters. The molecule has 0 saturated carbocycles. The van der Waals surface area contributed by atoms with Crippen molar-refractivity contribution < 1.29 is 4.79 Å². The highest BCUT2D eigenvalue weighted by Crippen LogP contribution is 2.18. The zero-order valence-electron chi connectivity index (χ0n) is 9.88. The first-order chi connectivity index (χ1) is 8.69. The smallest absolute Gasteiger partial charge is 0.255 e. The maximum absolute atomic E-state index is 11.9. The van der Waals surface area contributed by atoms with Gasteiger partial charge in [-0.2, -0.15) is 0 Å². The zero-order chi connectivity index (χ0) is 13.0. The summed E-state index contributed by atoms with van der Waals surface area (Å²) in [6.45, 7) is 0. The highest BCUT2D eigenvalue weighted by Gasteiger charge is 2.05. The van der Waals surface area contributed by atoms with Gasteiger partial charge in [0, 0.05) is 21.0 Å². The fourth-order valence-electron chi connectivity index (χ4n) is 1.49. The molecule has 4 heteroatoms. The molecule has 0 radical (unpaired) electrons. The summed E-state index contributed by atoms with van der Waals surface area (Å²) >= 11 is 5.86. The van der Waals surface area contributed by atoms with Crippen LogP contribution in [0.25, 0.3) is 0 Å². The molecular weight excluding hydrogens is 262 g/mol. The Kier molecular flexibility index (Phi) is 4.33. The van der Waals surface area contributed by atoms with Crippen LogP contribution in [0.1, 0.15) is 10.4 Å². The van der Waals surface area contributed by atoms with Gasteiger partial charge in [-0.25, -0.2) is 0 Å². The fourth-order valence-corrected chi connectivity index (χ4v) is 2.05. The van der Waals surface area contributed by atoms with Crippen LogP contribution in [-0.4, -0.2) is 12.2 Å². The number of carbonyl (C=O) groups is 1. The molecule has 0 aromatic heterocycles. The number of nitrogens with one attached hydrogen (secondary N) is 1. The van der Waals surface area contributed by atoms with E-state index in [-0.39, 0.29) is 5.91 Å². The van der Waals surface area contributed by atoms with Crippen molar-refractivity contribution in [3.8, 4) is 0 Å². The molecule has 0 aliphatic heterocycles. The topological polar surface area (TPSA) is 29.1 Å². The molecule has 2 aromatic rings. The molecule has 0 aliphatic rings. The lowest BCUT2D eigenvalue weighted by Crippen LogP contribution is -2.11. The number of carbonyl (C=O) groups excluding carboxylic acids is 1. The molecule has 0 bridgehead atoms. The highest BCUT2D eigenvalue weighted by molar-refractivity contribution is 7.98. The fraction of sp³-hybridized carbons (Fsp3) is 0.0714. The van der Waals surface area contributed by atoms with Gasteiger partial charge in [0.25, 0.3) is 5.91 Å². The third kappa shape index (κ3) is 3.31. The highest BCUT2D eigenvalue weighted by atomic mass is 32.2. The number of rotatable bonds is 3. The van der Waals surface area contributed by atoms with E-state index in [1.165, 1.54) is 4.90 Å². The standard InChI is InChI=1S/C14H13NOS2/c1-18-13-8-4-11(5-9-13)15-14(16)10-2-6-12(17)7-3-10/h2-9,17H,1H3,(H,15,16). The Labute approximate surface area is 116 Å². The maximum atomic E-state index is 11.9. The van der Waals surface area contributed by atoms with Crippen molar-refractivity contribution in [1.82, 2.24) is 0 Å². The van der Waals surface area contributed by atoms with Gasteiger partial charge in [0.05, 0.1) is 0 Å². The summed E-state index contributed by atoms with van der Waals surface area (Å²) in [5.74, 6) is -0.111. The van der Waals surface area contributed by atoms with Gasteiger partial charge in [0.15, 0.2) is 0 Å². The van der Waals surface area contributed by atoms with E-state index in [0.717, 1.165) is 10.6 Å². The molecule has 0 fully saturated rings. The van der Waals surface area contributed by atoms with Gasteiger partial charge in [0.2, 0.25) is 0 Å². The van der Waals surface area contributed by atoms with Crippen LogP contribution in [0.3, 0.4) is 0 Å². The molecule has 18 heavy (non-hydrogen) atoms. The van der Waals surface area contributed by atoms with E-state index in [2.05, 4.69) is 17.9 Å². The van der Waals surface area contributed by atoms with Crippen molar-refractivity contribution in [3.63, 3.8) is 0 Å². The van der Waals surface area contributed by atoms with Crippen molar-refractivity contribution in [2.24, 2.45) is 0 Å². The summed E-state index contributed by atoms with van der Waals surface area (Å²) in [5, 5.41) is 2.86. The summed E-state index contributed by atoms with van der Waals surface area (Å²) in [5.41, 5.74) is 1.43. The summed E-state index contributed by atoms with van der Waals surface area (Å²) < 4.78 is 0. The predicted molar refractivity (Wildman–Crippen MR) is 79.9 cm³/mol. The summed E-state index contributed by atoms with van der Waals surface area (Å²) in [7, 11) is 0. The first-order valence-electron chi connectivity index (χ1n) is 5.43. The minimum atomic E-state index is -0.111. The number of thiol groups is 1. The lowest BCUT2D eigenvalue weighted by atomic mass is 10.2. The Morgan fingerprint density at radius 3 is 2.22 bits per heavy atom. The van der Waals surface area contributed by atoms with Crippen molar-refractivity contribution in [2.75, 3.05) is 11.6 Å². The normalized spacial score (nSPS) is 10.1. The van der Waals surface area contributed by atoms with E-state index in [4.69, 9.17) is 0 Å². The summed E-state index contributed by atoms with van der Waals surface area (Å²) in [6, 6.07) is 14.9. The van der Waals surface area contributed by atoms with Gasteiger partial charge in [0.1, 0.15) is 0 Å². The van der Waals surface area contributed by atoms with Crippen LogP contribution in [0, 0.1) is 0 Å². The number of benzene rings is 2. The van der Waals surface area contributed by atoms with Crippen LogP contribution in [0.5, 0.6) is 0 Å². The summed E-state index contributed by atoms with van der Waals surface area (Å²) in [4.78, 5) is 14.0. The Morgan fingerprint density at radius 2 is 1.67 bits per heavy atom. The average Bonchev–Trinajstić information content (AvgIpc) is 2.40. The van der Waals surface area contributed by atoms with Crippen LogP contribution in [0.4, 0.5) is 5.69 Å². The van der Waals surface area contributed by atoms with Crippen LogP contribution >= 0.6 is 24.4 Å². The monoisotopic (exact) mass is 275 g/mol. The van der Waals surface area contributed by atoms with Crippen molar-refractivity contribution in [2.45, 2.75) is 9.79 Å². The molecule has 1 N–H and O–H groups in total. The average molecular weight is 275 g/mol. The van der Waals surface area contributed by atoms with Crippen molar-refractivity contribution in [3.05, 3.63) is 54.1 Å². The zero-order valence-corrected chi connectivity index (χ0v) is 11.6. The maximum Gasteiger partial charge on any atom is 0.255 e. The van der Waals surface area contributed by atoms with Crippen LogP contribution in [-0.2, 0) is 0 Å². The number of thioether (sulfide) groups is 1. The SMILES string of the molecule is CSc1ccc(NC(=O)c2ccc(S)cc2)cc1. The molecule has 92 valence electrons. The first-order valence-corrected chi connectivity index (χ1v) is 7.10. The summed E-state index contributed by atoms with van der Waals surface area (Å²) in [6.07, 6.45) is 2.02. The van der Waals surface area contributed by atoms with Crippen LogP contribution in [0.2, 0.25) is 0 Å². The molecular formula is C14H13NOS2. The number of hydrogen-bond acceptors (Lipinski definition) is 3. The van der Waals surface area contributed by atoms with E-state index < -0.39 is 0 Å². The van der Waals surface area contributed by atoms with Crippen molar-refractivity contribution >= 4 is 36.0 Å². The Bertz CT molecular complexity index is 535. The van der Waals surface area contributed by atoms with Crippen LogP contribution < -0.4 is 5.32 Å². The second kappa shape index (κ2) is 5.98. The van der Waals surface area contributed by atoms with Gasteiger partial charge >= 0.3 is 0 Å². The third-order valence-electron chi connectivity index (χ3n) is 2.48. The Balaban J connectivity index is 2.08. The molecule has 0 heterocycles. The predicted octanol–water partition coefficient (Wildman–Crippen LogP) is 3.95. The first kappa shape index (κ1) is 13.1. The lowest BCUT2D eigenvalue weighted by Gasteiger charge is -2.06. The molecule has 0 aliphatic carbocycles. The molecule has 0 spiro atoms. The van der Waals surface area contributed by atoms with Gasteiger partial charge in [-0.05, 0) is 54.8 Å². The molecule has 2 rings (SSSR count). The molecule has 2 nitrogen and oxygen atoms in total. The van der Waals surface area contributed by atoms with Gasteiger partial charge < -0.3 is 5.32 Å². The van der Waals surface area contributed by atoms with Gasteiger partial charge in [-0.15, -0.1) is 24.4 Å². The minimum Gasteiger partial charge on any atom is -0.322 e. The second-order valence-corrected chi connectivity index (χ2v) is 5.13. The van der Waals surface area contributed by atoms with Gasteiger partial charge in [-0.3, -0.25) is 4.79 Å². The van der Waals surface area contributed by atoms with E-state index >= 15 is 0 Å². The molecule has 0 atom stereocenters. The number of hydrogen-bond donors (Lipinski definition) is 2. The van der Waals surface area contributed by atoms with Gasteiger partial charge in [-0.1, -0.05) is 0 Å². The van der Waals surface area contributed by atoms with E-state index in [0.29, 0.717) is 5.56 Å². The Hall–Kier alpha value is -1.39. The largest absolute Gasteiger partial charge is 0.322 e. The molecule has 0 saturated heterocycles. The third-order valence-corrected chi connectivity index (χ3v) is 3.52. The van der Waals surface area contributed by atoms with E-state index in [1.807, 2.05) is 30.5 Å². The Morgan fingerprint density at radius 1 is 1.06 bits per heavy atom. The minimum absolute atomic E-state index is 0.111. The molecule has 2 aromatic carbocycles. The van der Waals surface area contributed by atoms with Crippen molar-refractivity contribution in [1.29, 1.82) is 0 Å². The second-order valence-electron chi connectivity index (χ2n) is 3.73. The van der Waals surface area contributed by atoms with E-state index in [9.17, 15) is 4.79 Å². The van der Waals surface area contributed by atoms with Crippen LogP contribution in [0.15, 0.2) is 58.3 Å². The number of amides is 1. The quantitative estimate of drug-likeness (QED) is 0.656.